The zero-order valence-corrected chi connectivity index (χ0v) is 9.26. The summed E-state index contributed by atoms with van der Waals surface area (Å²) in [4.78, 5) is 17.8. The minimum atomic E-state index is -0.238. The van der Waals surface area contributed by atoms with E-state index in [1.807, 2.05) is 13.8 Å². The molecule has 4 heteroatoms. The second kappa shape index (κ2) is 4.14. The minimum absolute atomic E-state index is 0.238. The minimum Gasteiger partial charge on any atom is -0.316 e. The van der Waals surface area contributed by atoms with Gasteiger partial charge in [0, 0.05) is 11.4 Å². The molecule has 15 heavy (non-hydrogen) atoms. The highest BCUT2D eigenvalue weighted by atomic mass is 16.1. The molecule has 1 atom stereocenters. The fourth-order valence-electron chi connectivity index (χ4n) is 2.23. The molecule has 1 unspecified atom stereocenters. The molecule has 1 aromatic heterocycles. The van der Waals surface area contributed by atoms with Crippen LogP contribution >= 0.6 is 0 Å². The van der Waals surface area contributed by atoms with Crippen LogP contribution in [0.5, 0.6) is 0 Å². The number of H-pyrrole nitrogens is 1. The number of hydrogen-bond donors (Lipinski definition) is 2. The van der Waals surface area contributed by atoms with Crippen LogP contribution < -0.4 is 11.0 Å². The van der Waals surface area contributed by atoms with Crippen molar-refractivity contribution in [2.45, 2.75) is 26.7 Å². The summed E-state index contributed by atoms with van der Waals surface area (Å²) in [6.07, 6.45) is 2.24. The molecule has 1 saturated heterocycles. The zero-order chi connectivity index (χ0) is 10.8. The van der Waals surface area contributed by atoms with E-state index in [4.69, 9.17) is 0 Å². The van der Waals surface area contributed by atoms with Crippen molar-refractivity contribution < 1.29 is 0 Å². The Kier molecular flexibility index (Phi) is 2.86. The topological polar surface area (TPSA) is 57.8 Å². The van der Waals surface area contributed by atoms with Gasteiger partial charge in [-0.25, -0.2) is 4.79 Å². The van der Waals surface area contributed by atoms with Crippen LogP contribution in [0.25, 0.3) is 0 Å². The molecule has 0 spiro atoms. The third-order valence-corrected chi connectivity index (χ3v) is 3.11. The van der Waals surface area contributed by atoms with Crippen LogP contribution in [0.15, 0.2) is 4.79 Å². The van der Waals surface area contributed by atoms with E-state index in [1.165, 1.54) is 12.0 Å². The van der Waals surface area contributed by atoms with Gasteiger partial charge in [0.1, 0.15) is 0 Å². The van der Waals surface area contributed by atoms with Crippen molar-refractivity contribution in [3.8, 4) is 0 Å². The molecular weight excluding hydrogens is 190 g/mol. The van der Waals surface area contributed by atoms with Crippen LogP contribution in [-0.4, -0.2) is 23.1 Å². The Labute approximate surface area is 89.1 Å². The molecule has 1 aliphatic heterocycles. The molecule has 0 saturated carbocycles. The summed E-state index contributed by atoms with van der Waals surface area (Å²) in [6, 6.07) is 0. The van der Waals surface area contributed by atoms with Gasteiger partial charge in [-0.2, -0.15) is 4.98 Å². The van der Waals surface area contributed by atoms with E-state index in [0.717, 1.165) is 30.9 Å². The lowest BCUT2D eigenvalue weighted by atomic mass is 9.97. The molecule has 0 amide bonds. The summed E-state index contributed by atoms with van der Waals surface area (Å²) in [6.45, 7) is 6.06. The molecule has 2 heterocycles. The summed E-state index contributed by atoms with van der Waals surface area (Å²) >= 11 is 0. The molecule has 1 fully saturated rings. The number of aromatic nitrogens is 2. The Bertz CT molecular complexity index is 379. The Morgan fingerprint density at radius 1 is 1.47 bits per heavy atom. The molecule has 4 nitrogen and oxygen atoms in total. The van der Waals surface area contributed by atoms with Crippen molar-refractivity contribution in [2.75, 3.05) is 13.1 Å². The van der Waals surface area contributed by atoms with Gasteiger partial charge < -0.3 is 10.3 Å². The Morgan fingerprint density at radius 3 is 2.87 bits per heavy atom. The van der Waals surface area contributed by atoms with Gasteiger partial charge in [0.05, 0.1) is 0 Å². The maximum absolute atomic E-state index is 11.1. The van der Waals surface area contributed by atoms with Crippen molar-refractivity contribution in [3.05, 3.63) is 27.4 Å². The van der Waals surface area contributed by atoms with E-state index in [0.29, 0.717) is 5.92 Å². The van der Waals surface area contributed by atoms with Gasteiger partial charge in [0.15, 0.2) is 0 Å². The van der Waals surface area contributed by atoms with E-state index in [2.05, 4.69) is 15.3 Å². The number of nitrogens with one attached hydrogen (secondary N) is 2. The maximum atomic E-state index is 11.1. The number of rotatable bonds is 2. The fourth-order valence-corrected chi connectivity index (χ4v) is 2.23. The summed E-state index contributed by atoms with van der Waals surface area (Å²) in [5, 5.41) is 3.35. The average Bonchev–Trinajstić information content (AvgIpc) is 2.63. The number of aromatic amines is 1. The van der Waals surface area contributed by atoms with Crippen LogP contribution in [0.4, 0.5) is 0 Å². The normalized spacial score (nSPS) is 20.8. The Morgan fingerprint density at radius 2 is 2.27 bits per heavy atom. The zero-order valence-electron chi connectivity index (χ0n) is 9.26. The average molecular weight is 207 g/mol. The molecule has 0 bridgehead atoms. The van der Waals surface area contributed by atoms with E-state index in [-0.39, 0.29) is 5.69 Å². The highest BCUT2D eigenvalue weighted by molar-refractivity contribution is 5.23. The lowest BCUT2D eigenvalue weighted by Gasteiger charge is -2.12. The van der Waals surface area contributed by atoms with Gasteiger partial charge in [0.25, 0.3) is 0 Å². The molecule has 2 rings (SSSR count). The molecule has 0 radical (unpaired) electrons. The molecule has 0 aliphatic carbocycles. The first kappa shape index (κ1) is 10.4. The summed E-state index contributed by atoms with van der Waals surface area (Å²) in [7, 11) is 0. The van der Waals surface area contributed by atoms with Gasteiger partial charge in [-0.05, 0) is 51.3 Å². The van der Waals surface area contributed by atoms with Gasteiger partial charge >= 0.3 is 5.69 Å². The van der Waals surface area contributed by atoms with Crippen LogP contribution in [0.3, 0.4) is 0 Å². The van der Waals surface area contributed by atoms with Gasteiger partial charge in [-0.3, -0.25) is 0 Å². The first-order valence-electron chi connectivity index (χ1n) is 5.44. The van der Waals surface area contributed by atoms with Crippen LogP contribution in [0.2, 0.25) is 0 Å². The number of nitrogens with zero attached hydrogens (tertiary/aromatic N) is 1. The van der Waals surface area contributed by atoms with Crippen molar-refractivity contribution in [3.63, 3.8) is 0 Å². The SMILES string of the molecule is Cc1nc(=O)[nH]c(C)c1CC1CCNC1. The van der Waals surface area contributed by atoms with Crippen LogP contribution in [0.1, 0.15) is 23.4 Å². The van der Waals surface area contributed by atoms with Gasteiger partial charge in [0.2, 0.25) is 0 Å². The lowest BCUT2D eigenvalue weighted by molar-refractivity contribution is 0.572. The summed E-state index contributed by atoms with van der Waals surface area (Å²) in [5.74, 6) is 0.690. The Hall–Kier alpha value is -1.16. The third-order valence-electron chi connectivity index (χ3n) is 3.11. The summed E-state index contributed by atoms with van der Waals surface area (Å²) in [5.41, 5.74) is 2.82. The van der Waals surface area contributed by atoms with Gasteiger partial charge in [-0.1, -0.05) is 0 Å². The predicted octanol–water partition coefficient (Wildman–Crippen LogP) is 0.539. The van der Waals surface area contributed by atoms with E-state index < -0.39 is 0 Å². The predicted molar refractivity (Wildman–Crippen MR) is 59.0 cm³/mol. The monoisotopic (exact) mass is 207 g/mol. The Balaban J connectivity index is 2.23. The molecule has 1 aromatic rings. The first-order valence-corrected chi connectivity index (χ1v) is 5.44. The summed E-state index contributed by atoms with van der Waals surface area (Å²) < 4.78 is 0. The first-order chi connectivity index (χ1) is 7.16. The lowest BCUT2D eigenvalue weighted by Crippen LogP contribution is -2.18. The van der Waals surface area contributed by atoms with E-state index in [1.54, 1.807) is 0 Å². The van der Waals surface area contributed by atoms with Crippen molar-refractivity contribution in [1.29, 1.82) is 0 Å². The molecule has 2 N–H and O–H groups in total. The van der Waals surface area contributed by atoms with Crippen molar-refractivity contribution in [1.82, 2.24) is 15.3 Å². The number of hydrogen-bond acceptors (Lipinski definition) is 3. The van der Waals surface area contributed by atoms with Crippen molar-refractivity contribution in [2.24, 2.45) is 5.92 Å². The standard InChI is InChI=1S/C11H17N3O/c1-7-10(5-9-3-4-12-6-9)8(2)14-11(15)13-7/h9,12H,3-6H2,1-2H3,(H,13,14,15). The number of aryl methyl sites for hydroxylation is 2. The van der Waals surface area contributed by atoms with Gasteiger partial charge in [-0.15, -0.1) is 0 Å². The smallest absolute Gasteiger partial charge is 0.316 e. The van der Waals surface area contributed by atoms with Crippen molar-refractivity contribution >= 4 is 0 Å². The van der Waals surface area contributed by atoms with E-state index >= 15 is 0 Å². The molecule has 1 aliphatic rings. The molecule has 82 valence electrons. The fraction of sp³-hybridized carbons (Fsp3) is 0.636. The highest BCUT2D eigenvalue weighted by Gasteiger charge is 2.17. The van der Waals surface area contributed by atoms with Crippen LogP contribution in [-0.2, 0) is 6.42 Å². The molecular formula is C11H17N3O. The second-order valence-corrected chi connectivity index (χ2v) is 4.29. The largest absolute Gasteiger partial charge is 0.345 e. The quantitative estimate of drug-likeness (QED) is 0.744. The third kappa shape index (κ3) is 2.26. The maximum Gasteiger partial charge on any atom is 0.345 e. The highest BCUT2D eigenvalue weighted by Crippen LogP contribution is 2.17. The van der Waals surface area contributed by atoms with Crippen LogP contribution in [0, 0.1) is 19.8 Å². The van der Waals surface area contributed by atoms with E-state index in [9.17, 15) is 4.79 Å². The molecule has 0 aromatic carbocycles. The second-order valence-electron chi connectivity index (χ2n) is 4.29.